The van der Waals surface area contributed by atoms with E-state index < -0.39 is 29.2 Å². The molecule has 3 heterocycles. The zero-order chi connectivity index (χ0) is 34.4. The predicted molar refractivity (Wildman–Crippen MR) is 183 cm³/mol. The Labute approximate surface area is 286 Å². The fourth-order valence-corrected chi connectivity index (χ4v) is 8.42. The highest BCUT2D eigenvalue weighted by molar-refractivity contribution is 6.01. The Hall–Kier alpha value is -4.79. The van der Waals surface area contributed by atoms with E-state index >= 15 is 0 Å². The van der Waals surface area contributed by atoms with Gasteiger partial charge in [0.2, 0.25) is 5.36 Å². The molecule has 49 heavy (non-hydrogen) atoms. The summed E-state index contributed by atoms with van der Waals surface area (Å²) in [7, 11) is 4.28. The first-order valence-corrected chi connectivity index (χ1v) is 17.6. The van der Waals surface area contributed by atoms with E-state index in [9.17, 15) is 24.3 Å². The molecule has 3 aromatic carbocycles. The van der Waals surface area contributed by atoms with E-state index in [2.05, 4.69) is 54.8 Å². The molecule has 9 nitrogen and oxygen atoms in total. The topological polar surface area (TPSA) is 110 Å². The maximum atomic E-state index is 12.5. The number of hydroxylamine groups is 2. The van der Waals surface area contributed by atoms with E-state index in [1.807, 2.05) is 12.1 Å². The Balaban J connectivity index is 1.32. The summed E-state index contributed by atoms with van der Waals surface area (Å²) in [5, 5.41) is 15.4. The molecule has 2 amide bonds. The first-order chi connectivity index (χ1) is 23.6. The Morgan fingerprint density at radius 1 is 0.898 bits per heavy atom. The van der Waals surface area contributed by atoms with Crippen molar-refractivity contribution in [1.29, 1.82) is 0 Å². The second kappa shape index (κ2) is 12.9. The van der Waals surface area contributed by atoms with E-state index in [4.69, 9.17) is 4.84 Å². The number of carbonyl (C=O) groups excluding carboxylic acids is 4. The summed E-state index contributed by atoms with van der Waals surface area (Å²) in [4.78, 5) is 56.2. The number of aryl methyl sites for hydroxylation is 2. The van der Waals surface area contributed by atoms with Gasteiger partial charge in [-0.25, -0.2) is 9.37 Å². The molecule has 7 rings (SSSR count). The number of hydrogen-bond acceptors (Lipinski definition) is 7. The average Bonchev–Trinajstić information content (AvgIpc) is 3.40. The van der Waals surface area contributed by atoms with E-state index in [-0.39, 0.29) is 24.8 Å². The van der Waals surface area contributed by atoms with Gasteiger partial charge in [0.25, 0.3) is 11.8 Å². The lowest BCUT2D eigenvalue weighted by atomic mass is 9.64. The molecule has 1 saturated heterocycles. The number of anilines is 1. The van der Waals surface area contributed by atoms with Crippen LogP contribution in [0.15, 0.2) is 48.5 Å². The number of fused-ring (bicyclic) bond motifs is 4. The van der Waals surface area contributed by atoms with Crippen molar-refractivity contribution in [3.63, 3.8) is 0 Å². The van der Waals surface area contributed by atoms with Crippen LogP contribution in [0.5, 0.6) is 0 Å². The number of carbonyl (C=O) groups is 4. The van der Waals surface area contributed by atoms with Crippen LogP contribution in [0.4, 0.5) is 5.69 Å². The van der Waals surface area contributed by atoms with Crippen LogP contribution < -0.4 is 25.2 Å². The standard InChI is InChI=1S/C40H43N3O6/c1-40(18-8-4-5-15-37(46)49-43-35(44)16-17-36(43)45)31-23-33-25(11-9-19-41(33)2)21-29(31)38(27-13-6-7-14-28(27)39(47)48)30-22-26-12-10-20-42(3)34(26)24-32(30)40/h6-7,13-14,21-24H,4-5,8-12,15-20H2,1-3H3. The van der Waals surface area contributed by atoms with E-state index in [1.165, 1.54) is 33.3 Å². The molecule has 1 unspecified atom stereocenters. The van der Waals surface area contributed by atoms with E-state index in [0.717, 1.165) is 74.4 Å². The monoisotopic (exact) mass is 661 g/mol. The molecule has 0 aromatic heterocycles. The smallest absolute Gasteiger partial charge is 0.333 e. The lowest BCUT2D eigenvalue weighted by Crippen LogP contribution is -2.43. The van der Waals surface area contributed by atoms with Crippen molar-refractivity contribution in [2.24, 2.45) is 0 Å². The maximum Gasteiger partial charge on any atom is 0.333 e. The Morgan fingerprint density at radius 2 is 1.65 bits per heavy atom. The van der Waals surface area contributed by atoms with E-state index in [0.29, 0.717) is 17.0 Å². The second-order valence-corrected chi connectivity index (χ2v) is 14.2. The Bertz CT molecular complexity index is 2020. The number of benzene rings is 3. The third-order valence-electron chi connectivity index (χ3n) is 11.0. The molecular formula is C40H43N3O6. The van der Waals surface area contributed by atoms with Gasteiger partial charge in [-0.15, -0.1) is 5.06 Å². The summed E-state index contributed by atoms with van der Waals surface area (Å²) in [6.45, 7) is 4.27. The molecule has 1 aliphatic carbocycles. The molecule has 9 heteroatoms. The number of amides is 2. The molecule has 254 valence electrons. The minimum Gasteiger partial charge on any atom is -0.545 e. The predicted octanol–water partition coefficient (Wildman–Crippen LogP) is 2.92. The van der Waals surface area contributed by atoms with Gasteiger partial charge in [-0.05, 0) is 88.9 Å². The molecule has 0 bridgehead atoms. The van der Waals surface area contributed by atoms with Crippen molar-refractivity contribution in [1.82, 2.24) is 9.64 Å². The number of carboxylic acids is 1. The van der Waals surface area contributed by atoms with Crippen molar-refractivity contribution in [2.45, 2.75) is 83.0 Å². The van der Waals surface area contributed by atoms with Crippen LogP contribution in [0, 0.1) is 0 Å². The molecule has 0 saturated carbocycles. The van der Waals surface area contributed by atoms with Crippen LogP contribution in [0.1, 0.15) is 108 Å². The van der Waals surface area contributed by atoms with Crippen LogP contribution >= 0.6 is 0 Å². The van der Waals surface area contributed by atoms with Gasteiger partial charge < -0.3 is 19.6 Å². The van der Waals surface area contributed by atoms with Crippen LogP contribution in [0.25, 0.3) is 5.57 Å². The molecule has 3 aromatic rings. The Kier molecular flexibility index (Phi) is 8.63. The normalized spacial score (nSPS) is 19.7. The van der Waals surface area contributed by atoms with Gasteiger partial charge in [-0.3, -0.25) is 9.59 Å². The van der Waals surface area contributed by atoms with Crippen molar-refractivity contribution < 1.29 is 29.1 Å². The number of carboxylic acid groups (broad SMARTS) is 1. The summed E-state index contributed by atoms with van der Waals surface area (Å²) in [6, 6.07) is 16.5. The first kappa shape index (κ1) is 32.7. The fourth-order valence-electron chi connectivity index (χ4n) is 8.42. The molecule has 0 spiro atoms. The van der Waals surface area contributed by atoms with Crippen LogP contribution in [-0.2, 0) is 37.5 Å². The third kappa shape index (κ3) is 5.83. The number of imide groups is 1. The Morgan fingerprint density at radius 3 is 2.43 bits per heavy atom. The van der Waals surface area contributed by atoms with Crippen molar-refractivity contribution in [2.75, 3.05) is 32.1 Å². The number of hydrogen-bond donors (Lipinski definition) is 0. The van der Waals surface area contributed by atoms with Crippen molar-refractivity contribution >= 4 is 35.0 Å². The van der Waals surface area contributed by atoms with Gasteiger partial charge in [0.1, 0.15) is 13.6 Å². The molecule has 0 N–H and O–H groups in total. The molecule has 1 atom stereocenters. The fraction of sp³-hybridized carbons (Fsp3) is 0.425. The number of unbranched alkanes of at least 4 members (excludes halogenated alkanes) is 2. The highest BCUT2D eigenvalue weighted by Gasteiger charge is 2.39. The number of nitrogens with zero attached hydrogens (tertiary/aromatic N) is 3. The van der Waals surface area contributed by atoms with Gasteiger partial charge in [0, 0.05) is 67.6 Å². The second-order valence-electron chi connectivity index (χ2n) is 14.2. The minimum absolute atomic E-state index is 0.0730. The van der Waals surface area contributed by atoms with Crippen molar-refractivity contribution in [3.05, 3.63) is 98.1 Å². The van der Waals surface area contributed by atoms with Crippen LogP contribution in [0.2, 0.25) is 0 Å². The third-order valence-corrected chi connectivity index (χ3v) is 11.0. The largest absolute Gasteiger partial charge is 0.545 e. The lowest BCUT2D eigenvalue weighted by Gasteiger charge is -2.40. The summed E-state index contributed by atoms with van der Waals surface area (Å²) in [5.41, 5.74) is 8.60. The minimum atomic E-state index is -1.19. The molecule has 1 fully saturated rings. The number of rotatable bonds is 9. The summed E-state index contributed by atoms with van der Waals surface area (Å²) < 4.78 is 2.33. The van der Waals surface area contributed by atoms with Gasteiger partial charge >= 0.3 is 5.97 Å². The highest BCUT2D eigenvalue weighted by Crippen LogP contribution is 2.46. The summed E-state index contributed by atoms with van der Waals surface area (Å²) in [5.74, 6) is -2.70. The highest BCUT2D eigenvalue weighted by atomic mass is 16.7. The first-order valence-electron chi connectivity index (χ1n) is 17.6. The zero-order valence-electron chi connectivity index (χ0n) is 28.6. The summed E-state index contributed by atoms with van der Waals surface area (Å²) in [6.07, 6.45) is 7.28. The number of aromatic carboxylic acids is 1. The van der Waals surface area contributed by atoms with Gasteiger partial charge in [0.15, 0.2) is 0 Å². The summed E-state index contributed by atoms with van der Waals surface area (Å²) >= 11 is 0. The average molecular weight is 662 g/mol. The molecule has 3 aliphatic heterocycles. The quantitative estimate of drug-likeness (QED) is 0.197. The van der Waals surface area contributed by atoms with Gasteiger partial charge in [-0.1, -0.05) is 44.0 Å². The molecular weight excluding hydrogens is 618 g/mol. The van der Waals surface area contributed by atoms with Gasteiger partial charge in [-0.2, -0.15) is 0 Å². The SMILES string of the molecule is CN1CCCc2cc3c(cc21)C(C)(CCCCCC(=O)ON1C(=O)CCC1=O)c1cc2c(cc1=C3c1ccccc1C(=O)[O-])CCC[N+]=2C. The van der Waals surface area contributed by atoms with Crippen LogP contribution in [-0.4, -0.2) is 56.0 Å². The van der Waals surface area contributed by atoms with E-state index in [1.54, 1.807) is 12.1 Å². The van der Waals surface area contributed by atoms with Crippen molar-refractivity contribution in [3.8, 4) is 0 Å². The lowest BCUT2D eigenvalue weighted by molar-refractivity contribution is -0.255. The van der Waals surface area contributed by atoms with Crippen LogP contribution in [0.3, 0.4) is 0 Å². The van der Waals surface area contributed by atoms with Gasteiger partial charge in [0.05, 0.1) is 5.97 Å². The zero-order valence-corrected chi connectivity index (χ0v) is 28.6. The molecule has 0 radical (unpaired) electrons. The molecule has 4 aliphatic rings. The maximum absolute atomic E-state index is 12.5.